The molecule has 0 bridgehead atoms. The zero-order valence-corrected chi connectivity index (χ0v) is 19.5. The summed E-state index contributed by atoms with van der Waals surface area (Å²) in [6, 6.07) is 13.2. The summed E-state index contributed by atoms with van der Waals surface area (Å²) in [6.45, 7) is 2.89. The van der Waals surface area contributed by atoms with Crippen LogP contribution in [-0.2, 0) is 26.3 Å². The van der Waals surface area contributed by atoms with E-state index in [9.17, 15) is 22.4 Å². The Morgan fingerprint density at radius 3 is 2.19 bits per heavy atom. The van der Waals surface area contributed by atoms with Gasteiger partial charge in [-0.2, -0.15) is 12.7 Å². The fourth-order valence-electron chi connectivity index (χ4n) is 3.03. The zero-order chi connectivity index (χ0) is 23.9. The largest absolute Gasteiger partial charge is 0.355 e. The van der Waals surface area contributed by atoms with E-state index in [2.05, 4.69) is 5.32 Å². The fourth-order valence-corrected chi connectivity index (χ4v) is 4.08. The topological polar surface area (TPSA) is 90.0 Å². The first kappa shape index (κ1) is 25.3. The number of carbonyl (C=O) groups excluding carboxylic acids is 2. The average Bonchev–Trinajstić information content (AvgIpc) is 2.76. The third-order valence-electron chi connectivity index (χ3n) is 4.88. The van der Waals surface area contributed by atoms with Crippen molar-refractivity contribution in [3.05, 3.63) is 66.0 Å². The minimum Gasteiger partial charge on any atom is -0.355 e. The molecule has 0 aliphatic rings. The molecule has 1 atom stereocenters. The molecule has 0 aromatic heterocycles. The lowest BCUT2D eigenvalue weighted by atomic mass is 10.1. The van der Waals surface area contributed by atoms with Gasteiger partial charge in [0.15, 0.2) is 0 Å². The molecule has 0 spiro atoms. The van der Waals surface area contributed by atoms with Gasteiger partial charge >= 0.3 is 10.2 Å². The predicted octanol–water partition coefficient (Wildman–Crippen LogP) is 1.99. The van der Waals surface area contributed by atoms with Gasteiger partial charge in [-0.15, -0.1) is 0 Å². The number of rotatable bonds is 10. The molecule has 0 fully saturated rings. The number of likely N-dealkylation sites (N-methyl/N-ethyl adjacent to an activating group) is 1. The quantitative estimate of drug-likeness (QED) is 0.582. The molecule has 0 saturated heterocycles. The van der Waals surface area contributed by atoms with E-state index in [1.165, 1.54) is 44.1 Å². The Bertz CT molecular complexity index is 1030. The Morgan fingerprint density at radius 1 is 1.03 bits per heavy atom. The molecule has 0 aliphatic heterocycles. The van der Waals surface area contributed by atoms with Crippen LogP contribution in [0.25, 0.3) is 0 Å². The molecule has 2 rings (SSSR count). The van der Waals surface area contributed by atoms with Crippen LogP contribution in [0.1, 0.15) is 19.4 Å². The lowest BCUT2D eigenvalue weighted by Crippen LogP contribution is -2.52. The van der Waals surface area contributed by atoms with Crippen molar-refractivity contribution in [1.82, 2.24) is 14.5 Å². The number of nitrogens with zero attached hydrogens (tertiary/aromatic N) is 3. The van der Waals surface area contributed by atoms with Crippen LogP contribution in [0.2, 0.25) is 0 Å². The van der Waals surface area contributed by atoms with Crippen LogP contribution in [0.3, 0.4) is 0 Å². The number of hydrogen-bond donors (Lipinski definition) is 1. The van der Waals surface area contributed by atoms with Crippen LogP contribution in [-0.4, -0.2) is 62.7 Å². The molecule has 174 valence electrons. The lowest BCUT2D eigenvalue weighted by Gasteiger charge is -2.32. The molecule has 0 heterocycles. The SMILES string of the molecule is CCNC(=O)[C@@H](C)N(Cc1ccccc1F)C(=O)CN(c1ccccc1)S(=O)(=O)N(C)C. The van der Waals surface area contributed by atoms with E-state index in [0.717, 1.165) is 8.61 Å². The van der Waals surface area contributed by atoms with Gasteiger partial charge in [0.1, 0.15) is 18.4 Å². The highest BCUT2D eigenvalue weighted by Gasteiger charge is 2.32. The summed E-state index contributed by atoms with van der Waals surface area (Å²) in [6.07, 6.45) is 0. The second kappa shape index (κ2) is 11.1. The van der Waals surface area contributed by atoms with Crippen LogP contribution in [0.4, 0.5) is 10.1 Å². The van der Waals surface area contributed by atoms with Gasteiger partial charge in [-0.3, -0.25) is 9.59 Å². The zero-order valence-electron chi connectivity index (χ0n) is 18.7. The maximum atomic E-state index is 14.3. The number of amides is 2. The predicted molar refractivity (Wildman–Crippen MR) is 121 cm³/mol. The second-order valence-corrected chi connectivity index (χ2v) is 9.38. The molecule has 32 heavy (non-hydrogen) atoms. The maximum absolute atomic E-state index is 14.3. The second-order valence-electron chi connectivity index (χ2n) is 7.32. The Hall–Kier alpha value is -2.98. The molecule has 10 heteroatoms. The summed E-state index contributed by atoms with van der Waals surface area (Å²) in [5.74, 6) is -1.57. The van der Waals surface area contributed by atoms with Crippen LogP contribution < -0.4 is 9.62 Å². The summed E-state index contributed by atoms with van der Waals surface area (Å²) in [4.78, 5) is 27.0. The summed E-state index contributed by atoms with van der Waals surface area (Å²) < 4.78 is 42.2. The van der Waals surface area contributed by atoms with Gasteiger partial charge in [-0.05, 0) is 32.0 Å². The molecule has 2 aromatic rings. The van der Waals surface area contributed by atoms with Crippen molar-refractivity contribution in [3.63, 3.8) is 0 Å². The number of para-hydroxylation sites is 1. The molecular weight excluding hydrogens is 435 g/mol. The highest BCUT2D eigenvalue weighted by Crippen LogP contribution is 2.20. The van der Waals surface area contributed by atoms with Gasteiger partial charge in [-0.1, -0.05) is 36.4 Å². The molecule has 2 aromatic carbocycles. The van der Waals surface area contributed by atoms with E-state index >= 15 is 0 Å². The molecule has 8 nitrogen and oxygen atoms in total. The number of carbonyl (C=O) groups is 2. The van der Waals surface area contributed by atoms with Gasteiger partial charge in [0.25, 0.3) is 0 Å². The smallest absolute Gasteiger partial charge is 0.304 e. The highest BCUT2D eigenvalue weighted by molar-refractivity contribution is 7.90. The monoisotopic (exact) mass is 464 g/mol. The van der Waals surface area contributed by atoms with Gasteiger partial charge in [-0.25, -0.2) is 8.70 Å². The van der Waals surface area contributed by atoms with Crippen molar-refractivity contribution >= 4 is 27.7 Å². The molecular formula is C22H29FN4O4S. The minimum atomic E-state index is -4.01. The third-order valence-corrected chi connectivity index (χ3v) is 6.70. The Kier molecular flexibility index (Phi) is 8.73. The molecule has 0 radical (unpaired) electrons. The van der Waals surface area contributed by atoms with E-state index in [1.807, 2.05) is 0 Å². The first-order valence-electron chi connectivity index (χ1n) is 10.1. The van der Waals surface area contributed by atoms with Crippen molar-refractivity contribution in [2.75, 3.05) is 31.5 Å². The standard InChI is InChI=1S/C22H29FN4O4S/c1-5-24-22(29)17(2)26(15-18-11-9-10-14-20(18)23)21(28)16-27(32(30,31)25(3)4)19-12-7-6-8-13-19/h6-14,17H,5,15-16H2,1-4H3,(H,24,29)/t17-/m1/s1. The third kappa shape index (κ3) is 6.04. The maximum Gasteiger partial charge on any atom is 0.304 e. The minimum absolute atomic E-state index is 0.186. The first-order valence-corrected chi connectivity index (χ1v) is 11.5. The molecule has 0 saturated carbocycles. The van der Waals surface area contributed by atoms with E-state index in [1.54, 1.807) is 43.3 Å². The van der Waals surface area contributed by atoms with Crippen molar-refractivity contribution in [2.24, 2.45) is 0 Å². The van der Waals surface area contributed by atoms with Crippen molar-refractivity contribution in [1.29, 1.82) is 0 Å². The Labute approximate surface area is 188 Å². The number of nitrogens with one attached hydrogen (secondary N) is 1. The Morgan fingerprint density at radius 2 is 1.62 bits per heavy atom. The van der Waals surface area contributed by atoms with Crippen molar-refractivity contribution < 1.29 is 22.4 Å². The molecule has 0 unspecified atom stereocenters. The van der Waals surface area contributed by atoms with E-state index in [4.69, 9.17) is 0 Å². The van der Waals surface area contributed by atoms with Gasteiger partial charge in [0, 0.05) is 32.7 Å². The van der Waals surface area contributed by atoms with Crippen LogP contribution in [0, 0.1) is 5.82 Å². The van der Waals surface area contributed by atoms with Crippen molar-refractivity contribution in [3.8, 4) is 0 Å². The summed E-state index contributed by atoms with van der Waals surface area (Å²) in [5, 5.41) is 2.65. The number of hydrogen-bond acceptors (Lipinski definition) is 4. The molecule has 2 amide bonds. The summed E-state index contributed by atoms with van der Waals surface area (Å²) in [7, 11) is -1.28. The average molecular weight is 465 g/mol. The van der Waals surface area contributed by atoms with Crippen molar-refractivity contribution in [2.45, 2.75) is 26.4 Å². The summed E-state index contributed by atoms with van der Waals surface area (Å²) in [5.41, 5.74) is 0.518. The molecule has 1 N–H and O–H groups in total. The normalized spacial score (nSPS) is 12.3. The van der Waals surface area contributed by atoms with E-state index in [-0.39, 0.29) is 12.1 Å². The number of anilines is 1. The van der Waals surface area contributed by atoms with E-state index < -0.39 is 40.4 Å². The lowest BCUT2D eigenvalue weighted by molar-refractivity contribution is -0.139. The molecule has 0 aliphatic carbocycles. The number of halogens is 1. The van der Waals surface area contributed by atoms with Gasteiger partial charge in [0.2, 0.25) is 11.8 Å². The van der Waals surface area contributed by atoms with Crippen LogP contribution in [0.15, 0.2) is 54.6 Å². The summed E-state index contributed by atoms with van der Waals surface area (Å²) >= 11 is 0. The first-order chi connectivity index (χ1) is 15.1. The van der Waals surface area contributed by atoms with Gasteiger partial charge < -0.3 is 10.2 Å². The number of benzene rings is 2. The Balaban J connectivity index is 2.43. The highest BCUT2D eigenvalue weighted by atomic mass is 32.2. The van der Waals surface area contributed by atoms with Crippen LogP contribution >= 0.6 is 0 Å². The van der Waals surface area contributed by atoms with E-state index in [0.29, 0.717) is 12.2 Å². The fraction of sp³-hybridized carbons (Fsp3) is 0.364. The van der Waals surface area contributed by atoms with Crippen LogP contribution in [0.5, 0.6) is 0 Å². The van der Waals surface area contributed by atoms with Gasteiger partial charge in [0.05, 0.1) is 5.69 Å².